The smallest absolute Gasteiger partial charge is 0.330 e. The van der Waals surface area contributed by atoms with Crippen molar-refractivity contribution in [2.45, 2.75) is 24.9 Å². The van der Waals surface area contributed by atoms with E-state index in [1.807, 2.05) is 0 Å². The second-order valence-electron chi connectivity index (χ2n) is 5.58. The maximum atomic E-state index is 12.9. The third-order valence-corrected chi connectivity index (χ3v) is 3.85. The van der Waals surface area contributed by atoms with Crippen LogP contribution in [-0.2, 0) is 4.74 Å². The molecule has 7 nitrogen and oxygen atoms in total. The number of rotatable bonds is 2. The largest absolute Gasteiger partial charge is 0.394 e. The van der Waals surface area contributed by atoms with E-state index in [0.29, 0.717) is 5.56 Å². The average molecular weight is 346 g/mol. The summed E-state index contributed by atoms with van der Waals surface area (Å²) >= 11 is 0. The highest BCUT2D eigenvalue weighted by atomic mass is 19.1. The molecule has 3 N–H and O–H groups in total. The monoisotopic (exact) mass is 346 g/mol. The van der Waals surface area contributed by atoms with Gasteiger partial charge in [-0.15, -0.1) is 0 Å². The van der Waals surface area contributed by atoms with E-state index in [-0.39, 0.29) is 18.6 Å². The molecule has 1 aromatic carbocycles. The summed E-state index contributed by atoms with van der Waals surface area (Å²) in [5.74, 6) is 4.95. The van der Waals surface area contributed by atoms with E-state index >= 15 is 0 Å². The van der Waals surface area contributed by atoms with Gasteiger partial charge < -0.3 is 14.9 Å². The lowest BCUT2D eigenvalue weighted by atomic mass is 10.2. The lowest BCUT2D eigenvalue weighted by Crippen LogP contribution is -2.33. The van der Waals surface area contributed by atoms with E-state index in [2.05, 4.69) is 16.8 Å². The zero-order valence-corrected chi connectivity index (χ0v) is 13.0. The first-order valence-corrected chi connectivity index (χ1v) is 7.55. The number of H-pyrrole nitrogens is 1. The maximum Gasteiger partial charge on any atom is 0.330 e. The van der Waals surface area contributed by atoms with Crippen molar-refractivity contribution >= 4 is 0 Å². The van der Waals surface area contributed by atoms with Crippen LogP contribution in [0.3, 0.4) is 0 Å². The van der Waals surface area contributed by atoms with Gasteiger partial charge in [0.2, 0.25) is 0 Å². The number of aliphatic hydroxyl groups is 2. The van der Waals surface area contributed by atoms with E-state index in [1.54, 1.807) is 0 Å². The number of aliphatic hydroxyl groups excluding tert-OH is 2. The van der Waals surface area contributed by atoms with Crippen LogP contribution in [0, 0.1) is 17.7 Å². The van der Waals surface area contributed by atoms with Gasteiger partial charge in [-0.05, 0) is 24.3 Å². The fourth-order valence-corrected chi connectivity index (χ4v) is 2.51. The molecule has 2 heterocycles. The summed E-state index contributed by atoms with van der Waals surface area (Å²) in [5.41, 5.74) is -0.831. The molecule has 0 bridgehead atoms. The quantitative estimate of drug-likeness (QED) is 0.649. The van der Waals surface area contributed by atoms with Crippen molar-refractivity contribution in [3.05, 3.63) is 68.2 Å². The molecule has 25 heavy (non-hydrogen) atoms. The summed E-state index contributed by atoms with van der Waals surface area (Å²) in [4.78, 5) is 26.0. The van der Waals surface area contributed by atoms with Gasteiger partial charge in [-0.3, -0.25) is 14.3 Å². The van der Waals surface area contributed by atoms with Crippen molar-refractivity contribution in [1.29, 1.82) is 0 Å². The molecule has 3 rings (SSSR count). The van der Waals surface area contributed by atoms with Crippen LogP contribution in [0.15, 0.2) is 40.1 Å². The summed E-state index contributed by atoms with van der Waals surface area (Å²) in [7, 11) is 0. The summed E-state index contributed by atoms with van der Waals surface area (Å²) in [5, 5.41) is 18.9. The first-order chi connectivity index (χ1) is 12.0. The second kappa shape index (κ2) is 7.03. The normalized spacial score (nSPS) is 22.4. The molecular formula is C17H15FN2O5. The van der Waals surface area contributed by atoms with Gasteiger partial charge in [0, 0.05) is 18.2 Å². The zero-order valence-electron chi connectivity index (χ0n) is 13.0. The van der Waals surface area contributed by atoms with Crippen LogP contribution >= 0.6 is 0 Å². The van der Waals surface area contributed by atoms with Crippen LogP contribution in [0.2, 0.25) is 0 Å². The van der Waals surface area contributed by atoms with Crippen LogP contribution in [0.25, 0.3) is 0 Å². The van der Waals surface area contributed by atoms with Crippen LogP contribution in [0.1, 0.15) is 23.8 Å². The Labute approximate surface area is 141 Å². The Hall–Kier alpha value is -2.73. The molecule has 1 aromatic heterocycles. The van der Waals surface area contributed by atoms with E-state index in [1.165, 1.54) is 30.5 Å². The van der Waals surface area contributed by atoms with Gasteiger partial charge in [-0.25, -0.2) is 9.18 Å². The van der Waals surface area contributed by atoms with Crippen LogP contribution in [0.4, 0.5) is 4.39 Å². The molecule has 1 aliphatic rings. The first kappa shape index (κ1) is 17.1. The Kier molecular flexibility index (Phi) is 4.81. The fourth-order valence-electron chi connectivity index (χ4n) is 2.51. The minimum Gasteiger partial charge on any atom is -0.394 e. The number of aromatic nitrogens is 2. The summed E-state index contributed by atoms with van der Waals surface area (Å²) in [6, 6.07) is 5.43. The highest BCUT2D eigenvalue weighted by molar-refractivity contribution is 5.40. The molecule has 3 atom stereocenters. The highest BCUT2D eigenvalue weighted by Gasteiger charge is 2.35. The van der Waals surface area contributed by atoms with Crippen molar-refractivity contribution < 1.29 is 19.3 Å². The number of hydrogen-bond acceptors (Lipinski definition) is 5. The van der Waals surface area contributed by atoms with Crippen molar-refractivity contribution in [3.8, 4) is 11.8 Å². The number of benzene rings is 1. The van der Waals surface area contributed by atoms with E-state index in [0.717, 1.165) is 4.57 Å². The maximum absolute atomic E-state index is 12.9. The zero-order chi connectivity index (χ0) is 18.0. The van der Waals surface area contributed by atoms with Crippen molar-refractivity contribution in [2.75, 3.05) is 6.61 Å². The summed E-state index contributed by atoms with van der Waals surface area (Å²) < 4.78 is 19.4. The van der Waals surface area contributed by atoms with E-state index < -0.39 is 35.5 Å². The average Bonchev–Trinajstić information content (AvgIpc) is 2.96. The summed E-state index contributed by atoms with van der Waals surface area (Å²) in [6.07, 6.45) is -1.18. The van der Waals surface area contributed by atoms with Crippen LogP contribution in [0.5, 0.6) is 0 Å². The Morgan fingerprint density at radius 3 is 2.64 bits per heavy atom. The van der Waals surface area contributed by atoms with Gasteiger partial charge in [-0.1, -0.05) is 11.8 Å². The molecule has 2 aromatic rings. The minimum absolute atomic E-state index is 0.0227. The molecule has 0 aliphatic carbocycles. The van der Waals surface area contributed by atoms with Gasteiger partial charge in [0.25, 0.3) is 5.56 Å². The molecule has 1 aliphatic heterocycles. The molecular weight excluding hydrogens is 331 g/mol. The molecule has 1 saturated heterocycles. The highest BCUT2D eigenvalue weighted by Crippen LogP contribution is 2.27. The molecule has 0 saturated carbocycles. The minimum atomic E-state index is -0.914. The number of nitrogens with zero attached hydrogens (tertiary/aromatic N) is 1. The second-order valence-corrected chi connectivity index (χ2v) is 5.58. The van der Waals surface area contributed by atoms with Gasteiger partial charge in [0.1, 0.15) is 23.7 Å². The third-order valence-electron chi connectivity index (χ3n) is 3.85. The van der Waals surface area contributed by atoms with Gasteiger partial charge in [0.05, 0.1) is 12.7 Å². The SMILES string of the molecule is O=c1[nH]c(=O)n(C2CC(O)C(CO)O2)cc1C#Cc1ccc(F)cc1. The van der Waals surface area contributed by atoms with Crippen LogP contribution in [-0.4, -0.2) is 38.6 Å². The van der Waals surface area contributed by atoms with Crippen LogP contribution < -0.4 is 11.2 Å². The van der Waals surface area contributed by atoms with E-state index in [9.17, 15) is 19.1 Å². The summed E-state index contributed by atoms with van der Waals surface area (Å²) in [6.45, 7) is -0.382. The molecule has 0 spiro atoms. The fraction of sp³-hybridized carbons (Fsp3) is 0.294. The molecule has 0 radical (unpaired) electrons. The number of aromatic amines is 1. The van der Waals surface area contributed by atoms with Crippen molar-refractivity contribution in [1.82, 2.24) is 9.55 Å². The number of nitrogens with one attached hydrogen (secondary N) is 1. The lowest BCUT2D eigenvalue weighted by molar-refractivity contribution is -0.0459. The molecule has 0 amide bonds. The number of hydrogen-bond donors (Lipinski definition) is 3. The van der Waals surface area contributed by atoms with E-state index in [4.69, 9.17) is 9.84 Å². The predicted molar refractivity (Wildman–Crippen MR) is 85.3 cm³/mol. The van der Waals surface area contributed by atoms with Crippen molar-refractivity contribution in [3.63, 3.8) is 0 Å². The molecule has 1 fully saturated rings. The lowest BCUT2D eigenvalue weighted by Gasteiger charge is -2.14. The topological polar surface area (TPSA) is 105 Å². The molecule has 8 heteroatoms. The predicted octanol–water partition coefficient (Wildman–Crippen LogP) is -0.284. The Balaban J connectivity index is 1.93. The third kappa shape index (κ3) is 3.69. The molecule has 130 valence electrons. The van der Waals surface area contributed by atoms with Gasteiger partial charge in [-0.2, -0.15) is 0 Å². The standard InChI is InChI=1S/C17H15FN2O5/c18-12-5-2-10(3-6-12)1-4-11-8-20(17(24)19-16(11)23)15-7-13(22)14(9-21)25-15/h2-3,5-6,8,13-15,21-22H,7,9H2,(H,19,23,24). The number of halogens is 1. The first-order valence-electron chi connectivity index (χ1n) is 7.55. The van der Waals surface area contributed by atoms with Gasteiger partial charge >= 0.3 is 5.69 Å². The number of ether oxygens (including phenoxy) is 1. The Morgan fingerprint density at radius 1 is 1.28 bits per heavy atom. The van der Waals surface area contributed by atoms with Gasteiger partial charge in [0.15, 0.2) is 0 Å². The Morgan fingerprint density at radius 2 is 2.00 bits per heavy atom. The van der Waals surface area contributed by atoms with Crippen molar-refractivity contribution in [2.24, 2.45) is 0 Å². The molecule has 3 unspecified atom stereocenters. The Bertz CT molecular complexity index is 938.